The molecule has 0 spiro atoms. The highest BCUT2D eigenvalue weighted by Crippen LogP contribution is 2.17. The number of hydrogen-bond donors (Lipinski definition) is 1. The van der Waals surface area contributed by atoms with Gasteiger partial charge in [0.2, 0.25) is 5.89 Å². The molecule has 0 aliphatic rings. The van der Waals surface area contributed by atoms with Gasteiger partial charge in [-0.25, -0.2) is 0 Å². The van der Waals surface area contributed by atoms with E-state index in [9.17, 15) is 0 Å². The first kappa shape index (κ1) is 15.9. The topological polar surface area (TPSA) is 74.2 Å². The Bertz CT molecular complexity index is 567. The fraction of sp³-hybridized carbons (Fsp3) is 0.467. The van der Waals surface area contributed by atoms with Crippen molar-refractivity contribution in [2.24, 2.45) is 5.73 Å². The van der Waals surface area contributed by atoms with Gasteiger partial charge in [-0.2, -0.15) is 4.98 Å². The summed E-state index contributed by atoms with van der Waals surface area (Å²) in [5.41, 5.74) is 6.48. The largest absolute Gasteiger partial charge is 0.379 e. The minimum Gasteiger partial charge on any atom is -0.379 e. The predicted molar refractivity (Wildman–Crippen MR) is 81.2 cm³/mol. The molecule has 2 aromatic rings. The van der Waals surface area contributed by atoms with Gasteiger partial charge in [0.15, 0.2) is 5.82 Å². The lowest BCUT2D eigenvalue weighted by Crippen LogP contribution is -2.39. The van der Waals surface area contributed by atoms with Crippen LogP contribution in [-0.2, 0) is 16.7 Å². The fourth-order valence-electron chi connectivity index (χ4n) is 1.83. The Morgan fingerprint density at radius 3 is 2.71 bits per heavy atom. The van der Waals surface area contributed by atoms with Gasteiger partial charge >= 0.3 is 0 Å². The van der Waals surface area contributed by atoms with E-state index >= 15 is 0 Å². The molecule has 2 rings (SSSR count). The third-order valence-corrected chi connectivity index (χ3v) is 3.25. The normalized spacial score (nSPS) is 14.1. The first-order chi connectivity index (χ1) is 10.0. The molecule has 1 aromatic heterocycles. The molecule has 1 unspecified atom stereocenters. The van der Waals surface area contributed by atoms with Gasteiger partial charge in [-0.05, 0) is 31.0 Å². The third-order valence-electron chi connectivity index (χ3n) is 3.00. The van der Waals surface area contributed by atoms with E-state index in [4.69, 9.17) is 26.6 Å². The van der Waals surface area contributed by atoms with E-state index in [1.165, 1.54) is 0 Å². The maximum Gasteiger partial charge on any atom is 0.231 e. The quantitative estimate of drug-likeness (QED) is 0.796. The average Bonchev–Trinajstić information content (AvgIpc) is 2.91. The Balaban J connectivity index is 2.01. The summed E-state index contributed by atoms with van der Waals surface area (Å²) < 4.78 is 10.7. The van der Waals surface area contributed by atoms with Gasteiger partial charge in [-0.1, -0.05) is 35.8 Å². The number of aromatic nitrogens is 2. The smallest absolute Gasteiger partial charge is 0.231 e. The van der Waals surface area contributed by atoms with E-state index in [1.807, 2.05) is 38.1 Å². The molecule has 0 saturated carbocycles. The molecule has 2 N–H and O–H groups in total. The molecule has 0 radical (unpaired) electrons. The Labute approximate surface area is 129 Å². The Kier molecular flexibility index (Phi) is 5.33. The molecule has 0 aliphatic heterocycles. The molecule has 0 amide bonds. The molecule has 0 fully saturated rings. The first-order valence-corrected chi connectivity index (χ1v) is 7.33. The van der Waals surface area contributed by atoms with E-state index in [2.05, 4.69) is 10.1 Å². The summed E-state index contributed by atoms with van der Waals surface area (Å²) in [5.74, 6) is 0.988. The molecule has 1 heterocycles. The van der Waals surface area contributed by atoms with Crippen LogP contribution in [0.2, 0.25) is 5.02 Å². The van der Waals surface area contributed by atoms with Crippen molar-refractivity contribution in [3.05, 3.63) is 46.6 Å². The van der Waals surface area contributed by atoms with Crippen molar-refractivity contribution in [2.45, 2.75) is 32.2 Å². The number of rotatable bonds is 7. The first-order valence-electron chi connectivity index (χ1n) is 6.95. The minimum atomic E-state index is -0.753. The summed E-state index contributed by atoms with van der Waals surface area (Å²) in [7, 11) is 0. The van der Waals surface area contributed by atoms with Crippen molar-refractivity contribution >= 4 is 11.6 Å². The summed E-state index contributed by atoms with van der Waals surface area (Å²) in [4.78, 5) is 4.36. The van der Waals surface area contributed by atoms with Crippen LogP contribution in [0.5, 0.6) is 0 Å². The predicted octanol–water partition coefficient (Wildman–Crippen LogP) is 2.91. The lowest BCUT2D eigenvalue weighted by molar-refractivity contribution is 0.0867. The second-order valence-corrected chi connectivity index (χ2v) is 5.72. The number of nitrogens with zero attached hydrogens (tertiary/aromatic N) is 2. The number of nitrogens with two attached hydrogens (primary N) is 1. The average molecular weight is 310 g/mol. The van der Waals surface area contributed by atoms with Crippen molar-refractivity contribution in [3.8, 4) is 0 Å². The maximum atomic E-state index is 6.18. The molecule has 1 atom stereocenters. The van der Waals surface area contributed by atoms with Crippen LogP contribution in [-0.4, -0.2) is 23.4 Å². The van der Waals surface area contributed by atoms with E-state index in [-0.39, 0.29) is 0 Å². The number of hydrogen-bond acceptors (Lipinski definition) is 5. The van der Waals surface area contributed by atoms with Gasteiger partial charge in [0, 0.05) is 11.6 Å². The van der Waals surface area contributed by atoms with Crippen molar-refractivity contribution in [2.75, 3.05) is 13.2 Å². The third kappa shape index (κ3) is 4.52. The monoisotopic (exact) mass is 309 g/mol. The standard InChI is InChI=1S/C15H20ClN3O2/c1-3-8-20-10-15(2,17)14-18-13(21-19-14)9-11-4-6-12(16)7-5-11/h4-7H,3,8-10,17H2,1-2H3. The molecular weight excluding hydrogens is 290 g/mol. The molecule has 1 aromatic carbocycles. The van der Waals surface area contributed by atoms with E-state index in [0.717, 1.165) is 12.0 Å². The van der Waals surface area contributed by atoms with Crippen molar-refractivity contribution < 1.29 is 9.26 Å². The lowest BCUT2D eigenvalue weighted by Gasteiger charge is -2.19. The van der Waals surface area contributed by atoms with Crippen LogP contribution in [0.25, 0.3) is 0 Å². The number of ether oxygens (including phenoxy) is 1. The Hall–Kier alpha value is -1.43. The molecule has 6 heteroatoms. The van der Waals surface area contributed by atoms with Gasteiger partial charge < -0.3 is 15.0 Å². The second-order valence-electron chi connectivity index (χ2n) is 5.29. The number of benzene rings is 1. The Morgan fingerprint density at radius 1 is 1.33 bits per heavy atom. The highest BCUT2D eigenvalue weighted by atomic mass is 35.5. The van der Waals surface area contributed by atoms with Crippen LogP contribution < -0.4 is 5.73 Å². The van der Waals surface area contributed by atoms with E-state index < -0.39 is 5.54 Å². The van der Waals surface area contributed by atoms with E-state index in [0.29, 0.717) is 36.4 Å². The Morgan fingerprint density at radius 2 is 2.05 bits per heavy atom. The highest BCUT2D eigenvalue weighted by Gasteiger charge is 2.27. The van der Waals surface area contributed by atoms with Crippen molar-refractivity contribution in [3.63, 3.8) is 0 Å². The van der Waals surface area contributed by atoms with Gasteiger partial charge in [0.25, 0.3) is 0 Å². The summed E-state index contributed by atoms with van der Waals surface area (Å²) >= 11 is 5.86. The molecule has 0 bridgehead atoms. The molecule has 0 saturated heterocycles. The number of halogens is 1. The van der Waals surface area contributed by atoms with Crippen molar-refractivity contribution in [1.29, 1.82) is 0 Å². The molecule has 5 nitrogen and oxygen atoms in total. The SMILES string of the molecule is CCCOCC(C)(N)c1noc(Cc2ccc(Cl)cc2)n1. The zero-order chi connectivity index (χ0) is 15.3. The summed E-state index contributed by atoms with van der Waals surface area (Å²) in [6.07, 6.45) is 1.50. The van der Waals surface area contributed by atoms with Crippen LogP contribution in [0.15, 0.2) is 28.8 Å². The molecule has 21 heavy (non-hydrogen) atoms. The highest BCUT2D eigenvalue weighted by molar-refractivity contribution is 6.30. The minimum absolute atomic E-state index is 0.362. The summed E-state index contributed by atoms with van der Waals surface area (Å²) in [5, 5.41) is 4.66. The van der Waals surface area contributed by atoms with Crippen LogP contribution in [0.4, 0.5) is 0 Å². The van der Waals surface area contributed by atoms with Crippen molar-refractivity contribution in [1.82, 2.24) is 10.1 Å². The molecule has 114 valence electrons. The molecular formula is C15H20ClN3O2. The van der Waals surface area contributed by atoms with Crippen LogP contribution in [0, 0.1) is 0 Å². The van der Waals surface area contributed by atoms with Crippen LogP contribution in [0.1, 0.15) is 37.5 Å². The van der Waals surface area contributed by atoms with Crippen LogP contribution in [0.3, 0.4) is 0 Å². The summed E-state index contributed by atoms with van der Waals surface area (Å²) in [6.45, 7) is 4.91. The van der Waals surface area contributed by atoms with Gasteiger partial charge in [0.1, 0.15) is 5.54 Å². The van der Waals surface area contributed by atoms with Crippen LogP contribution >= 0.6 is 11.6 Å². The second kappa shape index (κ2) is 7.02. The maximum absolute atomic E-state index is 6.18. The van der Waals surface area contributed by atoms with Gasteiger partial charge in [-0.15, -0.1) is 0 Å². The lowest BCUT2D eigenvalue weighted by atomic mass is 10.1. The fourth-order valence-corrected chi connectivity index (χ4v) is 1.95. The van der Waals surface area contributed by atoms with Gasteiger partial charge in [-0.3, -0.25) is 0 Å². The van der Waals surface area contributed by atoms with Gasteiger partial charge in [0.05, 0.1) is 13.0 Å². The zero-order valence-electron chi connectivity index (χ0n) is 12.3. The molecule has 0 aliphatic carbocycles. The van der Waals surface area contributed by atoms with E-state index in [1.54, 1.807) is 0 Å². The summed E-state index contributed by atoms with van der Waals surface area (Å²) in [6, 6.07) is 7.52. The zero-order valence-corrected chi connectivity index (χ0v) is 13.1.